The van der Waals surface area contributed by atoms with Gasteiger partial charge in [-0.15, -0.1) is 0 Å². The largest absolute Gasteiger partial charge is 0.376 e. The summed E-state index contributed by atoms with van der Waals surface area (Å²) < 4.78 is 5.92. The molecule has 1 aliphatic carbocycles. The molecule has 2 N–H and O–H groups in total. The SMILES string of the molecule is CC1(C)CC(=O)Nc2ccc(C(=O)NCC3CCC(COCc4ccccc4)CC3)cc21. The predicted molar refractivity (Wildman–Crippen MR) is 127 cm³/mol. The van der Waals surface area contributed by atoms with Crippen LogP contribution in [0.25, 0.3) is 0 Å². The van der Waals surface area contributed by atoms with Crippen LogP contribution in [0.4, 0.5) is 5.69 Å². The number of rotatable bonds is 7. The molecule has 1 aliphatic heterocycles. The van der Waals surface area contributed by atoms with Crippen LogP contribution in [0.5, 0.6) is 0 Å². The number of nitrogens with one attached hydrogen (secondary N) is 2. The summed E-state index contributed by atoms with van der Waals surface area (Å²) in [7, 11) is 0. The average molecular weight is 435 g/mol. The Morgan fingerprint density at radius 2 is 1.78 bits per heavy atom. The molecule has 1 saturated carbocycles. The summed E-state index contributed by atoms with van der Waals surface area (Å²) in [5, 5.41) is 6.05. The minimum atomic E-state index is -0.269. The van der Waals surface area contributed by atoms with Crippen molar-refractivity contribution in [3.8, 4) is 0 Å². The van der Waals surface area contributed by atoms with Gasteiger partial charge < -0.3 is 15.4 Å². The fourth-order valence-corrected chi connectivity index (χ4v) is 4.90. The summed E-state index contributed by atoms with van der Waals surface area (Å²) >= 11 is 0. The van der Waals surface area contributed by atoms with Gasteiger partial charge >= 0.3 is 0 Å². The Morgan fingerprint density at radius 1 is 1.06 bits per heavy atom. The minimum Gasteiger partial charge on any atom is -0.376 e. The first kappa shape index (κ1) is 22.5. The average Bonchev–Trinajstić information content (AvgIpc) is 2.78. The van der Waals surface area contributed by atoms with Crippen molar-refractivity contribution in [2.24, 2.45) is 11.8 Å². The summed E-state index contributed by atoms with van der Waals surface area (Å²) in [5.74, 6) is 1.14. The van der Waals surface area contributed by atoms with Crippen LogP contribution < -0.4 is 10.6 Å². The Balaban J connectivity index is 1.21. The molecule has 2 aliphatic rings. The molecule has 0 bridgehead atoms. The van der Waals surface area contributed by atoms with Gasteiger partial charge in [0.25, 0.3) is 5.91 Å². The van der Waals surface area contributed by atoms with Crippen LogP contribution in [-0.2, 0) is 21.6 Å². The first-order valence-corrected chi connectivity index (χ1v) is 11.7. The number of anilines is 1. The highest BCUT2D eigenvalue weighted by atomic mass is 16.5. The van der Waals surface area contributed by atoms with Crippen LogP contribution in [0.1, 0.15) is 67.4 Å². The molecule has 0 saturated heterocycles. The fourth-order valence-electron chi connectivity index (χ4n) is 4.90. The van der Waals surface area contributed by atoms with E-state index in [1.54, 1.807) is 6.07 Å². The van der Waals surface area contributed by atoms with Gasteiger partial charge in [0.05, 0.1) is 6.61 Å². The van der Waals surface area contributed by atoms with Crippen molar-refractivity contribution < 1.29 is 14.3 Å². The Labute approximate surface area is 190 Å². The third-order valence-electron chi connectivity index (χ3n) is 6.87. The maximum absolute atomic E-state index is 12.8. The molecule has 0 spiro atoms. The Bertz CT molecular complexity index is 947. The van der Waals surface area contributed by atoms with Gasteiger partial charge in [0, 0.05) is 36.2 Å². The predicted octanol–water partition coefficient (Wildman–Crippen LogP) is 5.06. The standard InChI is InChI=1S/C27H34N2O3/c1-27(2)15-25(30)29-24-13-12-22(14-23(24)27)26(31)28-16-19-8-10-21(11-9-19)18-32-17-20-6-4-3-5-7-20/h3-7,12-14,19,21H,8-11,15-18H2,1-2H3,(H,28,31)(H,29,30). The summed E-state index contributed by atoms with van der Waals surface area (Å²) in [6.45, 7) is 6.31. The molecule has 0 unspecified atom stereocenters. The van der Waals surface area contributed by atoms with Crippen molar-refractivity contribution >= 4 is 17.5 Å². The van der Waals surface area contributed by atoms with Crippen LogP contribution >= 0.6 is 0 Å². The maximum atomic E-state index is 12.8. The highest BCUT2D eigenvalue weighted by Gasteiger charge is 2.32. The van der Waals surface area contributed by atoms with Crippen molar-refractivity contribution in [1.29, 1.82) is 0 Å². The maximum Gasteiger partial charge on any atom is 0.251 e. The van der Waals surface area contributed by atoms with Gasteiger partial charge in [-0.05, 0) is 66.8 Å². The molecule has 0 atom stereocenters. The number of fused-ring (bicyclic) bond motifs is 1. The van der Waals surface area contributed by atoms with E-state index in [0.29, 0.717) is 37.0 Å². The van der Waals surface area contributed by atoms with Gasteiger partial charge in [-0.3, -0.25) is 9.59 Å². The van der Waals surface area contributed by atoms with Crippen LogP contribution in [0.2, 0.25) is 0 Å². The molecule has 5 heteroatoms. The van der Waals surface area contributed by atoms with Crippen LogP contribution in [-0.4, -0.2) is 25.0 Å². The van der Waals surface area contributed by atoms with E-state index >= 15 is 0 Å². The molecule has 2 aromatic rings. The van der Waals surface area contributed by atoms with Crippen molar-refractivity contribution in [2.75, 3.05) is 18.5 Å². The molecule has 2 amide bonds. The number of benzene rings is 2. The molecule has 1 heterocycles. The molecule has 170 valence electrons. The van der Waals surface area contributed by atoms with E-state index in [0.717, 1.165) is 43.5 Å². The number of carbonyl (C=O) groups is 2. The lowest BCUT2D eigenvalue weighted by Gasteiger charge is -2.32. The Morgan fingerprint density at radius 3 is 2.53 bits per heavy atom. The van der Waals surface area contributed by atoms with E-state index in [1.807, 2.05) is 44.2 Å². The van der Waals surface area contributed by atoms with Crippen molar-refractivity contribution in [3.05, 3.63) is 65.2 Å². The second-order valence-corrected chi connectivity index (χ2v) is 9.97. The van der Waals surface area contributed by atoms with Crippen molar-refractivity contribution in [2.45, 2.75) is 58.0 Å². The first-order chi connectivity index (χ1) is 15.4. The number of carbonyl (C=O) groups excluding carboxylic acids is 2. The summed E-state index contributed by atoms with van der Waals surface area (Å²) in [4.78, 5) is 24.7. The molecule has 0 radical (unpaired) electrons. The van der Waals surface area contributed by atoms with Crippen molar-refractivity contribution in [3.63, 3.8) is 0 Å². The zero-order valence-electron chi connectivity index (χ0n) is 19.2. The van der Waals surface area contributed by atoms with E-state index in [-0.39, 0.29) is 17.2 Å². The minimum absolute atomic E-state index is 0.0285. The molecular formula is C27H34N2O3. The lowest BCUT2D eigenvalue weighted by Crippen LogP contribution is -2.34. The third kappa shape index (κ3) is 5.57. The second-order valence-electron chi connectivity index (χ2n) is 9.97. The van der Waals surface area contributed by atoms with E-state index in [1.165, 1.54) is 5.56 Å². The second kappa shape index (κ2) is 9.86. The summed E-state index contributed by atoms with van der Waals surface area (Å²) in [6, 6.07) is 15.9. The van der Waals surface area contributed by atoms with Gasteiger partial charge in [-0.2, -0.15) is 0 Å². The number of amides is 2. The van der Waals surface area contributed by atoms with Crippen LogP contribution in [0, 0.1) is 11.8 Å². The third-order valence-corrected chi connectivity index (χ3v) is 6.87. The zero-order chi connectivity index (χ0) is 22.6. The highest BCUT2D eigenvalue weighted by Crippen LogP contribution is 2.37. The van der Waals surface area contributed by atoms with Gasteiger partial charge in [-0.1, -0.05) is 44.2 Å². The summed E-state index contributed by atoms with van der Waals surface area (Å²) in [5.41, 5.74) is 3.46. The Kier molecular flexibility index (Phi) is 6.95. The molecule has 5 nitrogen and oxygen atoms in total. The van der Waals surface area contributed by atoms with Gasteiger partial charge in [0.1, 0.15) is 0 Å². The number of hydrogen-bond acceptors (Lipinski definition) is 3. The van der Waals surface area contributed by atoms with E-state index < -0.39 is 0 Å². The van der Waals surface area contributed by atoms with E-state index in [4.69, 9.17) is 4.74 Å². The topological polar surface area (TPSA) is 67.4 Å². The molecular weight excluding hydrogens is 400 g/mol. The van der Waals surface area contributed by atoms with E-state index in [9.17, 15) is 9.59 Å². The molecule has 4 rings (SSSR count). The number of hydrogen-bond donors (Lipinski definition) is 2. The molecule has 32 heavy (non-hydrogen) atoms. The normalized spacial score (nSPS) is 22.0. The molecule has 2 aromatic carbocycles. The lowest BCUT2D eigenvalue weighted by atomic mass is 9.77. The van der Waals surface area contributed by atoms with Crippen LogP contribution in [0.15, 0.2) is 48.5 Å². The quantitative estimate of drug-likeness (QED) is 0.640. The Hall–Kier alpha value is -2.66. The lowest BCUT2D eigenvalue weighted by molar-refractivity contribution is -0.117. The summed E-state index contributed by atoms with van der Waals surface area (Å²) in [6.07, 6.45) is 5.00. The molecule has 1 fully saturated rings. The van der Waals surface area contributed by atoms with Crippen LogP contribution in [0.3, 0.4) is 0 Å². The first-order valence-electron chi connectivity index (χ1n) is 11.7. The zero-order valence-corrected chi connectivity index (χ0v) is 19.2. The van der Waals surface area contributed by atoms with Gasteiger partial charge in [0.15, 0.2) is 0 Å². The fraction of sp³-hybridized carbons (Fsp3) is 0.481. The van der Waals surface area contributed by atoms with Gasteiger partial charge in [-0.25, -0.2) is 0 Å². The monoisotopic (exact) mass is 434 g/mol. The van der Waals surface area contributed by atoms with Gasteiger partial charge in [0.2, 0.25) is 5.91 Å². The smallest absolute Gasteiger partial charge is 0.251 e. The molecule has 0 aromatic heterocycles. The highest BCUT2D eigenvalue weighted by molar-refractivity contribution is 5.98. The van der Waals surface area contributed by atoms with Crippen molar-refractivity contribution in [1.82, 2.24) is 5.32 Å². The van der Waals surface area contributed by atoms with E-state index in [2.05, 4.69) is 22.8 Å². The number of ether oxygens (including phenoxy) is 1.